The van der Waals surface area contributed by atoms with E-state index >= 15 is 0 Å². The smallest absolute Gasteiger partial charge is 0.0627 e. The Labute approximate surface area is 55.9 Å². The Morgan fingerprint density at radius 3 is 2.67 bits per heavy atom. The minimum Gasteiger partial charge on any atom is -0.317 e. The summed E-state index contributed by atoms with van der Waals surface area (Å²) < 4.78 is 0. The highest BCUT2D eigenvalue weighted by molar-refractivity contribution is 5.00. The highest BCUT2D eigenvalue weighted by atomic mass is 14.9. The number of hydrogen-bond acceptors (Lipinski definition) is 2. The van der Waals surface area contributed by atoms with Crippen molar-refractivity contribution >= 4 is 0 Å². The molecule has 9 heavy (non-hydrogen) atoms. The van der Waals surface area contributed by atoms with Gasteiger partial charge in [-0.2, -0.15) is 5.26 Å². The first-order valence-electron chi connectivity index (χ1n) is 3.34. The van der Waals surface area contributed by atoms with Crippen LogP contribution in [0.1, 0.15) is 19.3 Å². The van der Waals surface area contributed by atoms with Gasteiger partial charge in [0.05, 0.1) is 6.07 Å². The summed E-state index contributed by atoms with van der Waals surface area (Å²) in [7, 11) is 0. The van der Waals surface area contributed by atoms with Crippen LogP contribution < -0.4 is 5.32 Å². The Bertz CT molecular complexity index is 109. The zero-order chi connectivity index (χ0) is 6.53. The highest BCUT2D eigenvalue weighted by Crippen LogP contribution is 2.16. The standard InChI is InChI=1S/C7H11N2/c8-4-1-7-2-5-9-6-3-7/h9H,1-3,5-6H2. The van der Waals surface area contributed by atoms with E-state index in [-0.39, 0.29) is 0 Å². The number of nitrogens with one attached hydrogen (secondary N) is 1. The number of hydrogen-bond donors (Lipinski definition) is 1. The molecule has 0 amide bonds. The van der Waals surface area contributed by atoms with Crippen molar-refractivity contribution in [2.75, 3.05) is 13.1 Å². The second kappa shape index (κ2) is 3.47. The first-order chi connectivity index (χ1) is 4.43. The Balaban J connectivity index is 2.17. The van der Waals surface area contributed by atoms with Crippen molar-refractivity contribution in [2.24, 2.45) is 0 Å². The fourth-order valence-corrected chi connectivity index (χ4v) is 1.07. The Morgan fingerprint density at radius 1 is 1.44 bits per heavy atom. The molecule has 1 saturated heterocycles. The molecule has 0 bridgehead atoms. The minimum absolute atomic E-state index is 0.668. The van der Waals surface area contributed by atoms with E-state index in [9.17, 15) is 0 Å². The quantitative estimate of drug-likeness (QED) is 0.561. The first kappa shape index (κ1) is 6.57. The second-order valence-corrected chi connectivity index (χ2v) is 2.33. The lowest BCUT2D eigenvalue weighted by atomic mass is 9.96. The zero-order valence-electron chi connectivity index (χ0n) is 5.48. The summed E-state index contributed by atoms with van der Waals surface area (Å²) in [6.07, 6.45) is 2.88. The largest absolute Gasteiger partial charge is 0.317 e. The summed E-state index contributed by atoms with van der Waals surface area (Å²) in [5.41, 5.74) is 0. The van der Waals surface area contributed by atoms with Crippen LogP contribution in [-0.4, -0.2) is 13.1 Å². The number of rotatable bonds is 1. The van der Waals surface area contributed by atoms with Crippen LogP contribution in [0.5, 0.6) is 0 Å². The molecule has 1 aliphatic heterocycles. The van der Waals surface area contributed by atoms with Gasteiger partial charge in [0.25, 0.3) is 0 Å². The van der Waals surface area contributed by atoms with Gasteiger partial charge in [0.15, 0.2) is 0 Å². The minimum atomic E-state index is 0.668. The fraction of sp³-hybridized carbons (Fsp3) is 0.714. The molecule has 1 N–H and O–H groups in total. The Hall–Kier alpha value is -0.550. The molecule has 1 heterocycles. The van der Waals surface area contributed by atoms with Crippen LogP contribution in [0, 0.1) is 17.2 Å². The van der Waals surface area contributed by atoms with E-state index in [4.69, 9.17) is 5.26 Å². The maximum atomic E-state index is 8.33. The van der Waals surface area contributed by atoms with Gasteiger partial charge in [0, 0.05) is 6.42 Å². The van der Waals surface area contributed by atoms with Crippen LogP contribution in [0.4, 0.5) is 0 Å². The number of piperidine rings is 1. The van der Waals surface area contributed by atoms with Crippen molar-refractivity contribution in [3.05, 3.63) is 5.92 Å². The summed E-state index contributed by atoms with van der Waals surface area (Å²) in [5.74, 6) is 1.41. The zero-order valence-corrected chi connectivity index (χ0v) is 5.48. The van der Waals surface area contributed by atoms with Crippen molar-refractivity contribution < 1.29 is 0 Å². The molecule has 2 heteroatoms. The molecule has 0 unspecified atom stereocenters. The van der Waals surface area contributed by atoms with Gasteiger partial charge >= 0.3 is 0 Å². The monoisotopic (exact) mass is 123 g/mol. The van der Waals surface area contributed by atoms with Gasteiger partial charge in [-0.25, -0.2) is 0 Å². The van der Waals surface area contributed by atoms with E-state index in [1.54, 1.807) is 0 Å². The average molecular weight is 123 g/mol. The van der Waals surface area contributed by atoms with Crippen LogP contribution in [0.25, 0.3) is 0 Å². The highest BCUT2D eigenvalue weighted by Gasteiger charge is 2.11. The Morgan fingerprint density at radius 2 is 2.11 bits per heavy atom. The van der Waals surface area contributed by atoms with E-state index in [0.29, 0.717) is 6.42 Å². The molecule has 0 aromatic carbocycles. The SMILES string of the molecule is N#CC[C]1CCNCC1. The van der Waals surface area contributed by atoms with Gasteiger partial charge in [-0.15, -0.1) is 0 Å². The van der Waals surface area contributed by atoms with Crippen LogP contribution in [0.2, 0.25) is 0 Å². The molecule has 1 radical (unpaired) electrons. The molecule has 49 valence electrons. The van der Waals surface area contributed by atoms with Crippen molar-refractivity contribution in [3.63, 3.8) is 0 Å². The van der Waals surface area contributed by atoms with Gasteiger partial charge in [-0.1, -0.05) is 0 Å². The van der Waals surface area contributed by atoms with E-state index in [0.717, 1.165) is 25.9 Å². The lowest BCUT2D eigenvalue weighted by Crippen LogP contribution is -2.26. The topological polar surface area (TPSA) is 35.8 Å². The molecule has 1 rings (SSSR count). The molecule has 0 atom stereocenters. The predicted molar refractivity (Wildman–Crippen MR) is 35.6 cm³/mol. The molecular formula is C7H11N2. The molecule has 0 spiro atoms. The van der Waals surface area contributed by atoms with Crippen LogP contribution in [0.3, 0.4) is 0 Å². The Kier molecular flexibility index (Phi) is 2.53. The third-order valence-corrected chi connectivity index (χ3v) is 1.64. The fourth-order valence-electron chi connectivity index (χ4n) is 1.07. The lowest BCUT2D eigenvalue weighted by molar-refractivity contribution is 0.540. The molecule has 2 nitrogen and oxygen atoms in total. The van der Waals surface area contributed by atoms with Gasteiger partial charge in [-0.05, 0) is 31.8 Å². The van der Waals surface area contributed by atoms with Crippen molar-refractivity contribution in [3.8, 4) is 6.07 Å². The summed E-state index contributed by atoms with van der Waals surface area (Å²) >= 11 is 0. The summed E-state index contributed by atoms with van der Waals surface area (Å²) in [5, 5.41) is 11.6. The van der Waals surface area contributed by atoms with E-state index in [1.807, 2.05) is 0 Å². The van der Waals surface area contributed by atoms with Crippen LogP contribution in [0.15, 0.2) is 0 Å². The van der Waals surface area contributed by atoms with Gasteiger partial charge in [0.1, 0.15) is 0 Å². The first-order valence-corrected chi connectivity index (χ1v) is 3.34. The third-order valence-electron chi connectivity index (χ3n) is 1.64. The van der Waals surface area contributed by atoms with Crippen LogP contribution >= 0.6 is 0 Å². The van der Waals surface area contributed by atoms with Gasteiger partial charge < -0.3 is 5.32 Å². The molecule has 0 aromatic heterocycles. The predicted octanol–water partition coefficient (Wildman–Crippen LogP) is 0.858. The van der Waals surface area contributed by atoms with Crippen LogP contribution in [-0.2, 0) is 0 Å². The maximum Gasteiger partial charge on any atom is 0.0627 e. The second-order valence-electron chi connectivity index (χ2n) is 2.33. The molecule has 0 aromatic rings. The molecule has 1 aliphatic rings. The van der Waals surface area contributed by atoms with Crippen molar-refractivity contribution in [2.45, 2.75) is 19.3 Å². The number of nitrogens with zero attached hydrogens (tertiary/aromatic N) is 1. The van der Waals surface area contributed by atoms with Crippen molar-refractivity contribution in [1.82, 2.24) is 5.32 Å². The van der Waals surface area contributed by atoms with Gasteiger partial charge in [0.2, 0.25) is 0 Å². The summed E-state index contributed by atoms with van der Waals surface area (Å²) in [6.45, 7) is 2.13. The summed E-state index contributed by atoms with van der Waals surface area (Å²) in [6, 6.07) is 2.17. The van der Waals surface area contributed by atoms with E-state index < -0.39 is 0 Å². The summed E-state index contributed by atoms with van der Waals surface area (Å²) in [4.78, 5) is 0. The lowest BCUT2D eigenvalue weighted by Gasteiger charge is -2.18. The molecule has 0 saturated carbocycles. The average Bonchev–Trinajstić information content (AvgIpc) is 1.91. The van der Waals surface area contributed by atoms with E-state index in [2.05, 4.69) is 11.4 Å². The van der Waals surface area contributed by atoms with Gasteiger partial charge in [-0.3, -0.25) is 0 Å². The third kappa shape index (κ3) is 2.03. The normalized spacial score (nSPS) is 21.2. The van der Waals surface area contributed by atoms with E-state index in [1.165, 1.54) is 5.92 Å². The molecular weight excluding hydrogens is 112 g/mol. The number of nitriles is 1. The maximum absolute atomic E-state index is 8.33. The van der Waals surface area contributed by atoms with Crippen molar-refractivity contribution in [1.29, 1.82) is 5.26 Å². The molecule has 0 aliphatic carbocycles. The molecule has 1 fully saturated rings.